The van der Waals surface area contributed by atoms with Crippen LogP contribution in [0.1, 0.15) is 49.3 Å². The van der Waals surface area contributed by atoms with Crippen molar-refractivity contribution in [2.45, 2.75) is 57.7 Å². The number of nitrogens with zero attached hydrogens (tertiary/aromatic N) is 6. The molecule has 0 radical (unpaired) electrons. The van der Waals surface area contributed by atoms with Crippen molar-refractivity contribution in [1.82, 2.24) is 35.3 Å². The summed E-state index contributed by atoms with van der Waals surface area (Å²) < 4.78 is 5.51. The Hall–Kier alpha value is -3.34. The lowest BCUT2D eigenvalue weighted by Gasteiger charge is -2.35. The summed E-state index contributed by atoms with van der Waals surface area (Å²) >= 11 is 6.01. The second-order valence-corrected chi connectivity index (χ2v) is 11.3. The van der Waals surface area contributed by atoms with Crippen LogP contribution in [0.5, 0.6) is 0 Å². The quantitative estimate of drug-likeness (QED) is 0.391. The summed E-state index contributed by atoms with van der Waals surface area (Å²) in [4.78, 5) is 33.2. The van der Waals surface area contributed by atoms with E-state index in [9.17, 15) is 9.59 Å². The monoisotopic (exact) mass is 579 g/mol. The number of halogens is 1. The summed E-state index contributed by atoms with van der Waals surface area (Å²) in [6, 6.07) is 14.3. The second kappa shape index (κ2) is 14.0. The molecule has 2 fully saturated rings. The van der Waals surface area contributed by atoms with Crippen molar-refractivity contribution in [3.8, 4) is 11.4 Å². The summed E-state index contributed by atoms with van der Waals surface area (Å²) in [5.41, 5.74) is 2.63. The summed E-state index contributed by atoms with van der Waals surface area (Å²) in [7, 11) is 0. The molecule has 0 spiro atoms. The van der Waals surface area contributed by atoms with Crippen LogP contribution in [0.3, 0.4) is 0 Å². The van der Waals surface area contributed by atoms with Crippen molar-refractivity contribution >= 4 is 23.4 Å². The van der Waals surface area contributed by atoms with E-state index in [1.165, 1.54) is 11.2 Å². The minimum Gasteiger partial charge on any atom is -0.379 e. The van der Waals surface area contributed by atoms with Gasteiger partial charge in [-0.3, -0.25) is 14.5 Å². The molecule has 10 nitrogen and oxygen atoms in total. The Morgan fingerprint density at radius 2 is 1.76 bits per heavy atom. The highest BCUT2D eigenvalue weighted by atomic mass is 35.5. The fourth-order valence-electron chi connectivity index (χ4n) is 5.46. The minimum atomic E-state index is -0.773. The maximum atomic E-state index is 14.0. The van der Waals surface area contributed by atoms with Crippen LogP contribution in [-0.4, -0.2) is 87.3 Å². The molecule has 41 heavy (non-hydrogen) atoms. The van der Waals surface area contributed by atoms with Crippen LogP contribution in [0.2, 0.25) is 5.02 Å². The number of hydrogen-bond acceptors (Lipinski definition) is 7. The van der Waals surface area contributed by atoms with Gasteiger partial charge < -0.3 is 15.0 Å². The van der Waals surface area contributed by atoms with E-state index in [1.54, 1.807) is 17.0 Å². The first-order valence-corrected chi connectivity index (χ1v) is 14.8. The molecule has 1 aromatic heterocycles. The number of tetrazole rings is 1. The first-order chi connectivity index (χ1) is 20.0. The highest BCUT2D eigenvalue weighted by Crippen LogP contribution is 2.25. The van der Waals surface area contributed by atoms with E-state index in [-0.39, 0.29) is 24.4 Å². The van der Waals surface area contributed by atoms with Crippen molar-refractivity contribution < 1.29 is 14.3 Å². The third kappa shape index (κ3) is 7.90. The molecule has 0 bridgehead atoms. The lowest BCUT2D eigenvalue weighted by molar-refractivity contribution is -0.142. The molecule has 2 aliphatic rings. The number of carbonyl (C=O) groups excluding carboxylic acids is 2. The topological polar surface area (TPSA) is 105 Å². The van der Waals surface area contributed by atoms with Crippen LogP contribution >= 0.6 is 11.6 Å². The Labute approximate surface area is 246 Å². The van der Waals surface area contributed by atoms with Crippen LogP contribution in [0.25, 0.3) is 11.4 Å². The van der Waals surface area contributed by atoms with Gasteiger partial charge in [0.25, 0.3) is 0 Å². The standard InChI is InChI=1S/C30H38ClN7O3/c1-22-7-9-23(10-8-22)28(30(40)32-26-5-3-2-4-6-26)37(16-15-36-17-19-41-20-18-36)27(39)21-38-34-29(33-35-38)24-11-13-25(31)14-12-24/h7-14,26,28H,2-6,15-21H2,1H3,(H,32,40)/t28-/m0/s1. The molecule has 2 heterocycles. The van der Waals surface area contributed by atoms with E-state index in [0.717, 1.165) is 55.5 Å². The summed E-state index contributed by atoms with van der Waals surface area (Å²) in [6.45, 7) is 5.80. The molecule has 1 aliphatic heterocycles. The summed E-state index contributed by atoms with van der Waals surface area (Å²) in [6.07, 6.45) is 5.33. The number of rotatable bonds is 10. The largest absolute Gasteiger partial charge is 0.379 e. The van der Waals surface area contributed by atoms with Crippen molar-refractivity contribution in [2.24, 2.45) is 0 Å². The van der Waals surface area contributed by atoms with Gasteiger partial charge in [0.1, 0.15) is 12.6 Å². The number of morpholine rings is 1. The van der Waals surface area contributed by atoms with Gasteiger partial charge in [0.15, 0.2) is 0 Å². The number of carbonyl (C=O) groups is 2. The van der Waals surface area contributed by atoms with Gasteiger partial charge in [0.2, 0.25) is 17.6 Å². The van der Waals surface area contributed by atoms with Gasteiger partial charge in [0.05, 0.1) is 13.2 Å². The Balaban J connectivity index is 1.40. The van der Waals surface area contributed by atoms with Crippen molar-refractivity contribution in [1.29, 1.82) is 0 Å². The van der Waals surface area contributed by atoms with E-state index >= 15 is 0 Å². The van der Waals surface area contributed by atoms with Crippen LogP contribution < -0.4 is 5.32 Å². The average Bonchev–Trinajstić information content (AvgIpc) is 3.45. The van der Waals surface area contributed by atoms with Crippen LogP contribution in [-0.2, 0) is 20.9 Å². The van der Waals surface area contributed by atoms with Gasteiger partial charge >= 0.3 is 0 Å². The molecule has 1 saturated heterocycles. The van der Waals surface area contributed by atoms with Gasteiger partial charge in [-0.15, -0.1) is 10.2 Å². The second-order valence-electron chi connectivity index (χ2n) is 10.8. The van der Waals surface area contributed by atoms with E-state index < -0.39 is 6.04 Å². The molecule has 2 aromatic carbocycles. The van der Waals surface area contributed by atoms with Crippen LogP contribution in [0.4, 0.5) is 0 Å². The molecular formula is C30H38ClN7O3. The van der Waals surface area contributed by atoms with E-state index in [1.807, 2.05) is 43.3 Å². The fourth-order valence-corrected chi connectivity index (χ4v) is 5.58. The first-order valence-electron chi connectivity index (χ1n) is 14.5. The number of amides is 2. The van der Waals surface area contributed by atoms with Gasteiger partial charge in [-0.05, 0) is 54.8 Å². The maximum Gasteiger partial charge on any atom is 0.247 e. The van der Waals surface area contributed by atoms with E-state index in [4.69, 9.17) is 16.3 Å². The number of aryl methyl sites for hydroxylation is 1. The number of ether oxygens (including phenoxy) is 1. The Morgan fingerprint density at radius 3 is 2.46 bits per heavy atom. The predicted molar refractivity (Wildman–Crippen MR) is 156 cm³/mol. The fraction of sp³-hybridized carbons (Fsp3) is 0.500. The zero-order valence-electron chi connectivity index (χ0n) is 23.5. The molecule has 1 N–H and O–H groups in total. The lowest BCUT2D eigenvalue weighted by atomic mass is 9.94. The number of hydrogen-bond donors (Lipinski definition) is 1. The zero-order valence-corrected chi connectivity index (χ0v) is 24.3. The SMILES string of the molecule is Cc1ccc([C@@H](C(=O)NC2CCCCC2)N(CCN2CCOCC2)C(=O)Cn2nnc(-c3ccc(Cl)cc3)n2)cc1. The molecule has 5 rings (SSSR count). The van der Waals surface area contributed by atoms with Crippen LogP contribution in [0, 0.1) is 6.92 Å². The Morgan fingerprint density at radius 1 is 1.05 bits per heavy atom. The predicted octanol–water partition coefficient (Wildman–Crippen LogP) is 3.65. The number of benzene rings is 2. The Bertz CT molecular complexity index is 1290. The van der Waals surface area contributed by atoms with Gasteiger partial charge in [-0.1, -0.05) is 60.7 Å². The molecule has 2 amide bonds. The van der Waals surface area contributed by atoms with E-state index in [0.29, 0.717) is 37.2 Å². The minimum absolute atomic E-state index is 0.124. The number of nitrogens with one attached hydrogen (secondary N) is 1. The molecule has 1 aliphatic carbocycles. The van der Waals surface area contributed by atoms with Crippen molar-refractivity contribution in [3.05, 3.63) is 64.7 Å². The van der Waals surface area contributed by atoms with E-state index in [2.05, 4.69) is 25.6 Å². The van der Waals surface area contributed by atoms with Gasteiger partial charge in [-0.2, -0.15) is 4.80 Å². The zero-order chi connectivity index (χ0) is 28.6. The third-order valence-electron chi connectivity index (χ3n) is 7.82. The summed E-state index contributed by atoms with van der Waals surface area (Å²) in [5, 5.41) is 16.6. The smallest absolute Gasteiger partial charge is 0.247 e. The van der Waals surface area contributed by atoms with Gasteiger partial charge in [-0.25, -0.2) is 0 Å². The molecule has 0 unspecified atom stereocenters. The highest BCUT2D eigenvalue weighted by Gasteiger charge is 2.33. The molecule has 11 heteroatoms. The van der Waals surface area contributed by atoms with Gasteiger partial charge in [0, 0.05) is 42.8 Å². The van der Waals surface area contributed by atoms with Crippen molar-refractivity contribution in [2.75, 3.05) is 39.4 Å². The maximum absolute atomic E-state index is 14.0. The Kier molecular flexibility index (Phi) is 9.97. The molecule has 1 saturated carbocycles. The molecule has 3 aromatic rings. The third-order valence-corrected chi connectivity index (χ3v) is 8.07. The lowest BCUT2D eigenvalue weighted by Crippen LogP contribution is -2.50. The molecular weight excluding hydrogens is 542 g/mol. The number of aromatic nitrogens is 4. The average molecular weight is 580 g/mol. The van der Waals surface area contributed by atoms with Crippen molar-refractivity contribution in [3.63, 3.8) is 0 Å². The normalized spacial score (nSPS) is 17.2. The van der Waals surface area contributed by atoms with Crippen LogP contribution in [0.15, 0.2) is 48.5 Å². The first kappa shape index (κ1) is 29.2. The highest BCUT2D eigenvalue weighted by molar-refractivity contribution is 6.30. The summed E-state index contributed by atoms with van der Waals surface area (Å²) in [5.74, 6) is 0.00614. The molecule has 218 valence electrons. The molecule has 1 atom stereocenters.